The lowest BCUT2D eigenvalue weighted by Crippen LogP contribution is -2.12. The van der Waals surface area contributed by atoms with Crippen LogP contribution in [0.15, 0.2) is 42.7 Å². The summed E-state index contributed by atoms with van der Waals surface area (Å²) in [6.45, 7) is 4.83. The molecule has 1 aromatic carbocycles. The standard InChI is InChI=1S/C15H16N2/c1-4-15(2,3)14-10-16-17(12-14)11-13-8-6-5-7-9-13/h1,5-10,12H,11H2,2-3H3. The van der Waals surface area contributed by atoms with Crippen molar-refractivity contribution in [1.82, 2.24) is 9.78 Å². The third kappa shape index (κ3) is 2.57. The molecule has 0 N–H and O–H groups in total. The van der Waals surface area contributed by atoms with E-state index < -0.39 is 0 Å². The molecule has 0 spiro atoms. The maximum atomic E-state index is 5.51. The highest BCUT2D eigenvalue weighted by Gasteiger charge is 2.18. The summed E-state index contributed by atoms with van der Waals surface area (Å²) < 4.78 is 1.92. The SMILES string of the molecule is C#CC(C)(C)c1cnn(Cc2ccccc2)c1. The first kappa shape index (κ1) is 11.5. The van der Waals surface area contributed by atoms with E-state index in [1.807, 2.05) is 49.1 Å². The summed E-state index contributed by atoms with van der Waals surface area (Å²) in [5, 5.41) is 4.35. The van der Waals surface area contributed by atoms with Gasteiger partial charge >= 0.3 is 0 Å². The lowest BCUT2D eigenvalue weighted by molar-refractivity contribution is 0.674. The minimum Gasteiger partial charge on any atom is -0.268 e. The van der Waals surface area contributed by atoms with Gasteiger partial charge in [0.25, 0.3) is 0 Å². The van der Waals surface area contributed by atoms with Gasteiger partial charge in [0.1, 0.15) is 0 Å². The molecule has 0 fully saturated rings. The number of terminal acetylenes is 1. The summed E-state index contributed by atoms with van der Waals surface area (Å²) in [4.78, 5) is 0. The Hall–Kier alpha value is -2.01. The van der Waals surface area contributed by atoms with E-state index in [4.69, 9.17) is 6.42 Å². The van der Waals surface area contributed by atoms with Crippen molar-refractivity contribution >= 4 is 0 Å². The predicted molar refractivity (Wildman–Crippen MR) is 69.6 cm³/mol. The van der Waals surface area contributed by atoms with E-state index in [1.165, 1.54) is 5.56 Å². The van der Waals surface area contributed by atoms with Crippen LogP contribution in [0, 0.1) is 12.3 Å². The van der Waals surface area contributed by atoms with Crippen LogP contribution in [0.25, 0.3) is 0 Å². The fourth-order valence-corrected chi connectivity index (χ4v) is 1.63. The third-order valence-corrected chi connectivity index (χ3v) is 2.90. The van der Waals surface area contributed by atoms with Gasteiger partial charge in [0.05, 0.1) is 18.2 Å². The quantitative estimate of drug-likeness (QED) is 0.733. The summed E-state index contributed by atoms with van der Waals surface area (Å²) in [6, 6.07) is 10.3. The maximum absolute atomic E-state index is 5.51. The second kappa shape index (κ2) is 4.47. The molecule has 2 aromatic rings. The first-order chi connectivity index (χ1) is 8.12. The molecule has 0 amide bonds. The lowest BCUT2D eigenvalue weighted by atomic mass is 9.88. The molecule has 0 bridgehead atoms. The Bertz CT molecular complexity index is 530. The molecule has 17 heavy (non-hydrogen) atoms. The van der Waals surface area contributed by atoms with Crippen LogP contribution in [0.5, 0.6) is 0 Å². The largest absolute Gasteiger partial charge is 0.268 e. The molecular weight excluding hydrogens is 208 g/mol. The molecule has 0 saturated carbocycles. The fourth-order valence-electron chi connectivity index (χ4n) is 1.63. The number of hydrogen-bond acceptors (Lipinski definition) is 1. The highest BCUT2D eigenvalue weighted by molar-refractivity contribution is 5.28. The number of nitrogens with zero attached hydrogens (tertiary/aromatic N) is 2. The van der Waals surface area contributed by atoms with Gasteiger partial charge in [-0.05, 0) is 19.4 Å². The monoisotopic (exact) mass is 224 g/mol. The van der Waals surface area contributed by atoms with Crippen LogP contribution in [0.2, 0.25) is 0 Å². The molecule has 0 aliphatic carbocycles. The highest BCUT2D eigenvalue weighted by Crippen LogP contribution is 2.21. The van der Waals surface area contributed by atoms with E-state index in [9.17, 15) is 0 Å². The lowest BCUT2D eigenvalue weighted by Gasteiger charge is -2.14. The second-order valence-corrected chi connectivity index (χ2v) is 4.68. The molecule has 0 aliphatic rings. The van der Waals surface area contributed by atoms with Crippen molar-refractivity contribution in [2.45, 2.75) is 25.8 Å². The van der Waals surface area contributed by atoms with Crippen molar-refractivity contribution in [2.75, 3.05) is 0 Å². The van der Waals surface area contributed by atoms with E-state index in [0.29, 0.717) is 0 Å². The molecule has 2 nitrogen and oxygen atoms in total. The van der Waals surface area contributed by atoms with Crippen LogP contribution in [-0.4, -0.2) is 9.78 Å². The van der Waals surface area contributed by atoms with Crippen molar-refractivity contribution in [3.8, 4) is 12.3 Å². The average Bonchev–Trinajstić information content (AvgIpc) is 2.80. The van der Waals surface area contributed by atoms with E-state index in [2.05, 4.69) is 23.2 Å². The number of rotatable bonds is 3. The van der Waals surface area contributed by atoms with Gasteiger partial charge in [-0.2, -0.15) is 5.10 Å². The van der Waals surface area contributed by atoms with Gasteiger partial charge in [-0.3, -0.25) is 4.68 Å². The van der Waals surface area contributed by atoms with E-state index in [0.717, 1.165) is 12.1 Å². The Labute approximate surface area is 102 Å². The van der Waals surface area contributed by atoms with Crippen LogP contribution in [0.1, 0.15) is 25.0 Å². The third-order valence-electron chi connectivity index (χ3n) is 2.90. The summed E-state index contributed by atoms with van der Waals surface area (Å²) in [5.41, 5.74) is 2.06. The van der Waals surface area contributed by atoms with E-state index >= 15 is 0 Å². The number of aromatic nitrogens is 2. The Kier molecular flexibility index (Phi) is 3.01. The average molecular weight is 224 g/mol. The van der Waals surface area contributed by atoms with Gasteiger partial charge in [0.2, 0.25) is 0 Å². The van der Waals surface area contributed by atoms with Gasteiger partial charge in [-0.15, -0.1) is 6.42 Å². The molecule has 2 rings (SSSR count). The van der Waals surface area contributed by atoms with Crippen LogP contribution in [0.3, 0.4) is 0 Å². The summed E-state index contributed by atoms with van der Waals surface area (Å²) in [6.07, 6.45) is 9.38. The van der Waals surface area contributed by atoms with Crippen molar-refractivity contribution in [1.29, 1.82) is 0 Å². The first-order valence-electron chi connectivity index (χ1n) is 5.66. The molecule has 0 saturated heterocycles. The molecule has 0 radical (unpaired) electrons. The topological polar surface area (TPSA) is 17.8 Å². The smallest absolute Gasteiger partial charge is 0.0659 e. The zero-order valence-electron chi connectivity index (χ0n) is 10.2. The molecule has 0 atom stereocenters. The van der Waals surface area contributed by atoms with E-state index in [-0.39, 0.29) is 5.41 Å². The van der Waals surface area contributed by atoms with Gasteiger partial charge in [0, 0.05) is 11.8 Å². The zero-order chi connectivity index (χ0) is 12.3. The van der Waals surface area contributed by atoms with Gasteiger partial charge in [-0.1, -0.05) is 36.3 Å². The summed E-state index contributed by atoms with van der Waals surface area (Å²) >= 11 is 0. The Morgan fingerprint density at radius 1 is 1.29 bits per heavy atom. The highest BCUT2D eigenvalue weighted by atomic mass is 15.3. The Morgan fingerprint density at radius 3 is 2.65 bits per heavy atom. The predicted octanol–water partition coefficient (Wildman–Crippen LogP) is 2.84. The first-order valence-corrected chi connectivity index (χ1v) is 5.66. The van der Waals surface area contributed by atoms with Crippen LogP contribution in [0.4, 0.5) is 0 Å². The van der Waals surface area contributed by atoms with Crippen molar-refractivity contribution < 1.29 is 0 Å². The zero-order valence-corrected chi connectivity index (χ0v) is 10.2. The Balaban J connectivity index is 2.18. The molecule has 86 valence electrons. The number of hydrogen-bond donors (Lipinski definition) is 0. The minimum atomic E-state index is -0.255. The van der Waals surface area contributed by atoms with Gasteiger partial charge < -0.3 is 0 Å². The van der Waals surface area contributed by atoms with Crippen LogP contribution < -0.4 is 0 Å². The molecule has 2 heteroatoms. The van der Waals surface area contributed by atoms with Crippen molar-refractivity contribution in [3.05, 3.63) is 53.9 Å². The summed E-state index contributed by atoms with van der Waals surface area (Å²) in [7, 11) is 0. The molecular formula is C15H16N2. The molecule has 1 aromatic heterocycles. The molecule has 0 aliphatic heterocycles. The maximum Gasteiger partial charge on any atom is 0.0659 e. The summed E-state index contributed by atoms with van der Waals surface area (Å²) in [5.74, 6) is 2.78. The van der Waals surface area contributed by atoms with Gasteiger partial charge in [-0.25, -0.2) is 0 Å². The second-order valence-electron chi connectivity index (χ2n) is 4.68. The van der Waals surface area contributed by atoms with Crippen molar-refractivity contribution in [3.63, 3.8) is 0 Å². The van der Waals surface area contributed by atoms with Gasteiger partial charge in [0.15, 0.2) is 0 Å². The van der Waals surface area contributed by atoms with Crippen molar-refractivity contribution in [2.24, 2.45) is 0 Å². The Morgan fingerprint density at radius 2 is 2.00 bits per heavy atom. The minimum absolute atomic E-state index is 0.255. The van der Waals surface area contributed by atoms with E-state index in [1.54, 1.807) is 0 Å². The van der Waals surface area contributed by atoms with Crippen LogP contribution in [-0.2, 0) is 12.0 Å². The number of benzene rings is 1. The normalized spacial score (nSPS) is 11.1. The molecule has 0 unspecified atom stereocenters. The fraction of sp³-hybridized carbons (Fsp3) is 0.267. The van der Waals surface area contributed by atoms with Crippen LogP contribution >= 0.6 is 0 Å². The molecule has 1 heterocycles.